The number of carbonyl (C=O) groups is 2. The van der Waals surface area contributed by atoms with Crippen molar-refractivity contribution >= 4 is 41.0 Å². The second-order valence-electron chi connectivity index (χ2n) is 4.43. The summed E-state index contributed by atoms with van der Waals surface area (Å²) in [7, 11) is 1.73. The summed E-state index contributed by atoms with van der Waals surface area (Å²) >= 11 is 3.12. The number of likely N-dealkylation sites (N-methyl/N-ethyl adjacent to an activating group) is 1. The lowest BCUT2D eigenvalue weighted by Crippen LogP contribution is -2.31. The number of anilines is 1. The summed E-state index contributed by atoms with van der Waals surface area (Å²) in [5.41, 5.74) is 0.879. The van der Waals surface area contributed by atoms with Crippen molar-refractivity contribution in [2.24, 2.45) is 0 Å². The van der Waals surface area contributed by atoms with Crippen LogP contribution in [0, 0.1) is 0 Å². The Kier molecular flexibility index (Phi) is 5.76. The Labute approximate surface area is 133 Å². The highest BCUT2D eigenvalue weighted by molar-refractivity contribution is 8.04. The third-order valence-corrected chi connectivity index (χ3v) is 4.95. The van der Waals surface area contributed by atoms with Crippen molar-refractivity contribution in [2.75, 3.05) is 30.0 Å². The first-order chi connectivity index (χ1) is 10.1. The van der Waals surface area contributed by atoms with Gasteiger partial charge in [-0.15, -0.1) is 0 Å². The van der Waals surface area contributed by atoms with Gasteiger partial charge in [0.25, 0.3) is 5.91 Å². The van der Waals surface area contributed by atoms with Crippen LogP contribution in [0.1, 0.15) is 6.92 Å². The molecule has 0 bridgehead atoms. The topological polar surface area (TPSA) is 49.4 Å². The van der Waals surface area contributed by atoms with E-state index in [1.54, 1.807) is 23.7 Å². The number of carbonyl (C=O) groups excluding carboxylic acids is 2. The molecule has 21 heavy (non-hydrogen) atoms. The Morgan fingerprint density at radius 1 is 1.43 bits per heavy atom. The summed E-state index contributed by atoms with van der Waals surface area (Å²) < 4.78 is 0. The molecule has 6 heteroatoms. The quantitative estimate of drug-likeness (QED) is 0.668. The minimum atomic E-state index is -0.213. The SMILES string of the molecule is CCSCCNC(=O)C=C1Sc2ccccc2N(C)C1=O. The molecule has 0 aliphatic carbocycles. The maximum absolute atomic E-state index is 12.3. The first-order valence-corrected chi connectivity index (χ1v) is 8.72. The normalized spacial score (nSPS) is 16.0. The van der Waals surface area contributed by atoms with Gasteiger partial charge in [0.1, 0.15) is 0 Å². The van der Waals surface area contributed by atoms with Crippen molar-refractivity contribution < 1.29 is 9.59 Å². The number of amides is 2. The zero-order valence-electron chi connectivity index (χ0n) is 12.1. The molecule has 0 fully saturated rings. The van der Waals surface area contributed by atoms with Gasteiger partial charge in [-0.3, -0.25) is 9.59 Å². The lowest BCUT2D eigenvalue weighted by atomic mass is 10.2. The Bertz CT molecular complexity index is 573. The van der Waals surface area contributed by atoms with Crippen LogP contribution in [0.25, 0.3) is 0 Å². The van der Waals surface area contributed by atoms with E-state index in [2.05, 4.69) is 12.2 Å². The third-order valence-electron chi connectivity index (χ3n) is 2.97. The largest absolute Gasteiger partial charge is 0.352 e. The van der Waals surface area contributed by atoms with E-state index in [9.17, 15) is 9.59 Å². The maximum atomic E-state index is 12.3. The highest BCUT2D eigenvalue weighted by Gasteiger charge is 2.26. The molecule has 0 atom stereocenters. The molecule has 1 aromatic carbocycles. The van der Waals surface area contributed by atoms with Crippen LogP contribution in [0.3, 0.4) is 0 Å². The number of thioether (sulfide) groups is 2. The van der Waals surface area contributed by atoms with Crippen LogP contribution in [0.4, 0.5) is 5.69 Å². The first-order valence-electron chi connectivity index (χ1n) is 6.75. The van der Waals surface area contributed by atoms with E-state index in [1.807, 2.05) is 24.3 Å². The molecule has 0 saturated carbocycles. The summed E-state index contributed by atoms with van der Waals surface area (Å²) in [4.78, 5) is 27.1. The van der Waals surface area contributed by atoms with E-state index in [0.717, 1.165) is 22.1 Å². The molecule has 1 heterocycles. The van der Waals surface area contributed by atoms with Crippen LogP contribution in [0.15, 0.2) is 40.1 Å². The molecule has 0 saturated heterocycles. The zero-order valence-corrected chi connectivity index (χ0v) is 13.7. The minimum Gasteiger partial charge on any atom is -0.352 e. The predicted octanol–water partition coefficient (Wildman–Crippen LogP) is 2.51. The summed E-state index contributed by atoms with van der Waals surface area (Å²) in [6.45, 7) is 2.70. The Balaban J connectivity index is 2.05. The smallest absolute Gasteiger partial charge is 0.265 e. The predicted molar refractivity (Wildman–Crippen MR) is 89.8 cm³/mol. The van der Waals surface area contributed by atoms with Gasteiger partial charge < -0.3 is 10.2 Å². The zero-order chi connectivity index (χ0) is 15.2. The number of fused-ring (bicyclic) bond motifs is 1. The van der Waals surface area contributed by atoms with Crippen LogP contribution in [-0.4, -0.2) is 36.9 Å². The van der Waals surface area contributed by atoms with E-state index >= 15 is 0 Å². The molecule has 112 valence electrons. The number of hydrogen-bond donors (Lipinski definition) is 1. The third kappa shape index (κ3) is 4.04. The van der Waals surface area contributed by atoms with E-state index in [1.165, 1.54) is 17.8 Å². The highest BCUT2D eigenvalue weighted by atomic mass is 32.2. The lowest BCUT2D eigenvalue weighted by Gasteiger charge is -2.26. The van der Waals surface area contributed by atoms with Crippen molar-refractivity contribution in [2.45, 2.75) is 11.8 Å². The van der Waals surface area contributed by atoms with Crippen molar-refractivity contribution in [3.05, 3.63) is 35.2 Å². The van der Waals surface area contributed by atoms with Gasteiger partial charge >= 0.3 is 0 Å². The lowest BCUT2D eigenvalue weighted by molar-refractivity contribution is -0.117. The van der Waals surface area contributed by atoms with Gasteiger partial charge in [-0.05, 0) is 17.9 Å². The monoisotopic (exact) mass is 322 g/mol. The van der Waals surface area contributed by atoms with Crippen molar-refractivity contribution in [1.82, 2.24) is 5.32 Å². The number of hydrogen-bond acceptors (Lipinski definition) is 4. The van der Waals surface area contributed by atoms with Gasteiger partial charge in [-0.2, -0.15) is 11.8 Å². The second-order valence-corrected chi connectivity index (χ2v) is 6.91. The molecule has 0 radical (unpaired) electrons. The van der Waals surface area contributed by atoms with Gasteiger partial charge in [0, 0.05) is 30.3 Å². The first kappa shape index (κ1) is 16.0. The van der Waals surface area contributed by atoms with Crippen molar-refractivity contribution in [3.8, 4) is 0 Å². The molecule has 4 nitrogen and oxygen atoms in total. The minimum absolute atomic E-state index is 0.142. The fourth-order valence-corrected chi connectivity index (χ4v) is 3.53. The number of rotatable bonds is 5. The standard InChI is InChI=1S/C15H18N2O2S2/c1-3-20-9-8-16-14(18)10-13-15(19)17(2)11-6-4-5-7-12(11)21-13/h4-7,10H,3,8-9H2,1-2H3,(H,16,18). The number of nitrogens with zero attached hydrogens (tertiary/aromatic N) is 1. The fraction of sp³-hybridized carbons (Fsp3) is 0.333. The number of benzene rings is 1. The molecule has 1 N–H and O–H groups in total. The molecule has 0 aromatic heterocycles. The van der Waals surface area contributed by atoms with Crippen LogP contribution in [0.5, 0.6) is 0 Å². The van der Waals surface area contributed by atoms with Gasteiger partial charge in [-0.1, -0.05) is 30.8 Å². The molecule has 1 aromatic rings. The summed E-state index contributed by atoms with van der Waals surface area (Å²) in [6, 6.07) is 7.68. The highest BCUT2D eigenvalue weighted by Crippen LogP contribution is 2.40. The van der Waals surface area contributed by atoms with E-state index < -0.39 is 0 Å². The number of para-hydroxylation sites is 1. The second kappa shape index (κ2) is 7.56. The van der Waals surface area contributed by atoms with Gasteiger partial charge in [-0.25, -0.2) is 0 Å². The van der Waals surface area contributed by atoms with E-state index in [-0.39, 0.29) is 11.8 Å². The molecule has 0 spiro atoms. The van der Waals surface area contributed by atoms with Gasteiger partial charge in [0.2, 0.25) is 5.91 Å². The van der Waals surface area contributed by atoms with Gasteiger partial charge in [0.15, 0.2) is 0 Å². The summed E-state index contributed by atoms with van der Waals surface area (Å²) in [5, 5.41) is 2.80. The Hall–Kier alpha value is -1.40. The molecule has 2 rings (SSSR count). The number of nitrogens with one attached hydrogen (secondary N) is 1. The van der Waals surface area contributed by atoms with E-state index in [0.29, 0.717) is 11.4 Å². The average Bonchev–Trinajstić information content (AvgIpc) is 2.49. The van der Waals surface area contributed by atoms with Gasteiger partial charge in [0.05, 0.1) is 10.6 Å². The molecular formula is C15H18N2O2S2. The van der Waals surface area contributed by atoms with Crippen molar-refractivity contribution in [1.29, 1.82) is 0 Å². The maximum Gasteiger partial charge on any atom is 0.265 e. The van der Waals surface area contributed by atoms with Crippen LogP contribution < -0.4 is 10.2 Å². The summed E-state index contributed by atoms with van der Waals surface area (Å²) in [6.07, 6.45) is 1.40. The summed E-state index contributed by atoms with van der Waals surface area (Å²) in [5.74, 6) is 1.56. The molecule has 2 amide bonds. The van der Waals surface area contributed by atoms with E-state index in [4.69, 9.17) is 0 Å². The molecular weight excluding hydrogens is 304 g/mol. The Morgan fingerprint density at radius 3 is 2.95 bits per heavy atom. The van der Waals surface area contributed by atoms with Crippen LogP contribution in [0.2, 0.25) is 0 Å². The van der Waals surface area contributed by atoms with Crippen LogP contribution >= 0.6 is 23.5 Å². The average molecular weight is 322 g/mol. The molecule has 1 aliphatic heterocycles. The molecule has 0 unspecified atom stereocenters. The fourth-order valence-electron chi connectivity index (χ4n) is 1.91. The molecule has 1 aliphatic rings. The van der Waals surface area contributed by atoms with Crippen molar-refractivity contribution in [3.63, 3.8) is 0 Å². The van der Waals surface area contributed by atoms with Crippen LogP contribution in [-0.2, 0) is 9.59 Å². The Morgan fingerprint density at radius 2 is 2.19 bits per heavy atom.